The molecular weight excluding hydrogens is 350 g/mol. The van der Waals surface area contributed by atoms with Crippen molar-refractivity contribution in [2.75, 3.05) is 5.32 Å². The Labute approximate surface area is 164 Å². The van der Waals surface area contributed by atoms with E-state index < -0.39 is 0 Å². The van der Waals surface area contributed by atoms with Gasteiger partial charge < -0.3 is 5.32 Å². The molecule has 2 N–H and O–H groups in total. The van der Waals surface area contributed by atoms with E-state index in [0.717, 1.165) is 16.8 Å². The molecule has 140 valence electrons. The molecule has 0 heterocycles. The van der Waals surface area contributed by atoms with Crippen LogP contribution in [-0.4, -0.2) is 17.5 Å². The van der Waals surface area contributed by atoms with Gasteiger partial charge in [0.1, 0.15) is 0 Å². The van der Waals surface area contributed by atoms with Crippen LogP contribution in [0.3, 0.4) is 0 Å². The molecule has 0 aliphatic heterocycles. The fourth-order valence-electron chi connectivity index (χ4n) is 2.64. The molecule has 3 rings (SSSR count). The number of benzene rings is 3. The molecule has 0 aromatic heterocycles. The van der Waals surface area contributed by atoms with Gasteiger partial charge in [0, 0.05) is 16.8 Å². The molecule has 0 unspecified atom stereocenters. The highest BCUT2D eigenvalue weighted by molar-refractivity contribution is 6.05. The first-order chi connectivity index (χ1) is 13.5. The summed E-state index contributed by atoms with van der Waals surface area (Å²) in [6.45, 7) is 3.77. The van der Waals surface area contributed by atoms with Gasteiger partial charge in [-0.2, -0.15) is 5.10 Å². The second-order valence-corrected chi connectivity index (χ2v) is 6.41. The molecule has 0 fully saturated rings. The maximum absolute atomic E-state index is 12.3. The van der Waals surface area contributed by atoms with E-state index >= 15 is 0 Å². The van der Waals surface area contributed by atoms with Crippen molar-refractivity contribution in [1.82, 2.24) is 5.43 Å². The minimum Gasteiger partial charge on any atom is -0.322 e. The first-order valence-electron chi connectivity index (χ1n) is 8.91. The lowest BCUT2D eigenvalue weighted by molar-refractivity contribution is 0.0954. The zero-order chi connectivity index (χ0) is 19.9. The van der Waals surface area contributed by atoms with Crippen LogP contribution in [0.2, 0.25) is 0 Å². The highest BCUT2D eigenvalue weighted by Gasteiger charge is 2.08. The van der Waals surface area contributed by atoms with Gasteiger partial charge >= 0.3 is 0 Å². The summed E-state index contributed by atoms with van der Waals surface area (Å²) in [5, 5.41) is 6.96. The molecule has 28 heavy (non-hydrogen) atoms. The lowest BCUT2D eigenvalue weighted by atomic mass is 10.1. The largest absolute Gasteiger partial charge is 0.322 e. The molecule has 0 saturated carbocycles. The number of carbonyl (C=O) groups excluding carboxylic acids is 2. The molecule has 3 aromatic rings. The Balaban J connectivity index is 1.62. The van der Waals surface area contributed by atoms with E-state index in [-0.39, 0.29) is 11.8 Å². The van der Waals surface area contributed by atoms with Crippen molar-refractivity contribution in [3.63, 3.8) is 0 Å². The predicted octanol–water partition coefficient (Wildman–Crippen LogP) is 4.40. The number of amides is 2. The average Bonchev–Trinajstić information content (AvgIpc) is 2.73. The second-order valence-electron chi connectivity index (χ2n) is 6.41. The highest BCUT2D eigenvalue weighted by atomic mass is 16.2. The number of hydrazone groups is 1. The van der Waals surface area contributed by atoms with E-state index in [9.17, 15) is 9.59 Å². The Bertz CT molecular complexity index is 1010. The number of nitrogens with zero attached hydrogens (tertiary/aromatic N) is 1. The van der Waals surface area contributed by atoms with Crippen LogP contribution in [0, 0.1) is 6.92 Å². The number of hydrogen-bond acceptors (Lipinski definition) is 3. The van der Waals surface area contributed by atoms with E-state index in [4.69, 9.17) is 0 Å². The van der Waals surface area contributed by atoms with Gasteiger partial charge in [-0.1, -0.05) is 48.0 Å². The monoisotopic (exact) mass is 371 g/mol. The molecule has 2 amide bonds. The van der Waals surface area contributed by atoms with Crippen LogP contribution in [-0.2, 0) is 0 Å². The van der Waals surface area contributed by atoms with Gasteiger partial charge in [0.25, 0.3) is 11.8 Å². The molecule has 5 heteroatoms. The molecular formula is C23H21N3O2. The van der Waals surface area contributed by atoms with Crippen molar-refractivity contribution in [2.24, 2.45) is 5.10 Å². The summed E-state index contributed by atoms with van der Waals surface area (Å²) in [6.07, 6.45) is 0. The predicted molar refractivity (Wildman–Crippen MR) is 112 cm³/mol. The van der Waals surface area contributed by atoms with E-state index in [1.54, 1.807) is 30.3 Å². The summed E-state index contributed by atoms with van der Waals surface area (Å²) in [5.74, 6) is -0.504. The van der Waals surface area contributed by atoms with Crippen LogP contribution in [0.25, 0.3) is 0 Å². The maximum atomic E-state index is 12.3. The minimum absolute atomic E-state index is 0.191. The second kappa shape index (κ2) is 8.77. The zero-order valence-electron chi connectivity index (χ0n) is 15.8. The molecule has 0 atom stereocenters. The summed E-state index contributed by atoms with van der Waals surface area (Å²) in [6, 6.07) is 23.7. The molecule has 3 aromatic carbocycles. The topological polar surface area (TPSA) is 70.6 Å². The van der Waals surface area contributed by atoms with Crippen LogP contribution < -0.4 is 10.7 Å². The number of aryl methyl sites for hydroxylation is 1. The Kier molecular flexibility index (Phi) is 5.97. The van der Waals surface area contributed by atoms with E-state index in [0.29, 0.717) is 16.8 Å². The Hall–Kier alpha value is -3.73. The first kappa shape index (κ1) is 19.0. The standard InChI is InChI=1S/C23H21N3O2/c1-16-7-6-10-20(15-16)22(27)24-21-13-11-19(12-14-21)23(28)26-25-17(2)18-8-4-3-5-9-18/h3-15H,1-2H3,(H,24,27)(H,26,28). The fraction of sp³-hybridized carbons (Fsp3) is 0.0870. The van der Waals surface area contributed by atoms with Crippen molar-refractivity contribution < 1.29 is 9.59 Å². The van der Waals surface area contributed by atoms with Gasteiger partial charge in [0.2, 0.25) is 0 Å². The maximum Gasteiger partial charge on any atom is 0.271 e. The van der Waals surface area contributed by atoms with Gasteiger partial charge in [0.05, 0.1) is 5.71 Å². The van der Waals surface area contributed by atoms with E-state index in [1.807, 2.05) is 62.4 Å². The van der Waals surface area contributed by atoms with Crippen LogP contribution in [0.1, 0.15) is 38.8 Å². The minimum atomic E-state index is -0.313. The van der Waals surface area contributed by atoms with Crippen molar-refractivity contribution >= 4 is 23.2 Å². The van der Waals surface area contributed by atoms with Crippen LogP contribution in [0.5, 0.6) is 0 Å². The molecule has 0 saturated heterocycles. The Morgan fingerprint density at radius 1 is 0.750 bits per heavy atom. The zero-order valence-corrected chi connectivity index (χ0v) is 15.8. The average molecular weight is 371 g/mol. The Morgan fingerprint density at radius 3 is 2.11 bits per heavy atom. The van der Waals surface area contributed by atoms with Crippen molar-refractivity contribution in [2.45, 2.75) is 13.8 Å². The number of rotatable bonds is 5. The van der Waals surface area contributed by atoms with Gasteiger partial charge in [-0.05, 0) is 55.8 Å². The van der Waals surface area contributed by atoms with Crippen LogP contribution in [0.15, 0.2) is 84.0 Å². The third-order valence-electron chi connectivity index (χ3n) is 4.20. The summed E-state index contributed by atoms with van der Waals surface area (Å²) in [4.78, 5) is 24.6. The first-order valence-corrected chi connectivity index (χ1v) is 8.91. The van der Waals surface area contributed by atoms with E-state index in [2.05, 4.69) is 15.8 Å². The van der Waals surface area contributed by atoms with Crippen molar-refractivity contribution in [1.29, 1.82) is 0 Å². The number of nitrogens with one attached hydrogen (secondary N) is 2. The highest BCUT2D eigenvalue weighted by Crippen LogP contribution is 2.12. The van der Waals surface area contributed by atoms with Gasteiger partial charge in [-0.25, -0.2) is 5.43 Å². The molecule has 5 nitrogen and oxygen atoms in total. The lowest BCUT2D eigenvalue weighted by Crippen LogP contribution is -2.19. The summed E-state index contributed by atoms with van der Waals surface area (Å²) in [7, 11) is 0. The van der Waals surface area contributed by atoms with Crippen LogP contribution >= 0.6 is 0 Å². The quantitative estimate of drug-likeness (QED) is 0.515. The fourth-order valence-corrected chi connectivity index (χ4v) is 2.64. The van der Waals surface area contributed by atoms with Gasteiger partial charge in [-0.15, -0.1) is 0 Å². The van der Waals surface area contributed by atoms with Gasteiger partial charge in [-0.3, -0.25) is 9.59 Å². The summed E-state index contributed by atoms with van der Waals surface area (Å²) >= 11 is 0. The number of hydrogen-bond donors (Lipinski definition) is 2. The van der Waals surface area contributed by atoms with Crippen molar-refractivity contribution in [3.8, 4) is 0 Å². The SMILES string of the molecule is CC(=NNC(=O)c1ccc(NC(=O)c2cccc(C)c2)cc1)c1ccccc1. The summed E-state index contributed by atoms with van der Waals surface area (Å²) in [5.41, 5.74) is 6.90. The smallest absolute Gasteiger partial charge is 0.271 e. The molecule has 0 aliphatic rings. The number of anilines is 1. The lowest BCUT2D eigenvalue weighted by Gasteiger charge is -2.07. The van der Waals surface area contributed by atoms with Gasteiger partial charge in [0.15, 0.2) is 0 Å². The summed E-state index contributed by atoms with van der Waals surface area (Å²) < 4.78 is 0. The third-order valence-corrected chi connectivity index (χ3v) is 4.20. The molecule has 0 spiro atoms. The third kappa shape index (κ3) is 4.92. The van der Waals surface area contributed by atoms with Crippen molar-refractivity contribution in [3.05, 3.63) is 101 Å². The molecule has 0 aliphatic carbocycles. The Morgan fingerprint density at radius 2 is 1.43 bits per heavy atom. The van der Waals surface area contributed by atoms with E-state index in [1.165, 1.54) is 0 Å². The number of carbonyl (C=O) groups is 2. The van der Waals surface area contributed by atoms with Crippen LogP contribution in [0.4, 0.5) is 5.69 Å². The molecule has 0 radical (unpaired) electrons. The normalized spacial score (nSPS) is 11.0. The molecule has 0 bridgehead atoms.